The maximum atomic E-state index is 12.1. The minimum Gasteiger partial charge on any atom is -0.368 e. The number of nitrogens with one attached hydrogen (secondary N) is 1. The molecule has 3 aliphatic rings. The lowest BCUT2D eigenvalue weighted by Crippen LogP contribution is -2.62. The van der Waals surface area contributed by atoms with Gasteiger partial charge in [-0.1, -0.05) is 0 Å². The van der Waals surface area contributed by atoms with Gasteiger partial charge in [0.15, 0.2) is 0 Å². The highest BCUT2D eigenvalue weighted by Crippen LogP contribution is 2.17. The minimum atomic E-state index is -0.146. The molecule has 0 aromatic heterocycles. The second-order valence-corrected chi connectivity index (χ2v) is 5.17. The molecule has 1 N–H and O–H groups in total. The average molecular weight is 239 g/mol. The van der Waals surface area contributed by atoms with E-state index in [0.717, 1.165) is 58.7 Å². The van der Waals surface area contributed by atoms with Crippen LogP contribution in [0.15, 0.2) is 0 Å². The van der Waals surface area contributed by atoms with E-state index < -0.39 is 0 Å². The first kappa shape index (κ1) is 11.4. The molecule has 3 aliphatic heterocycles. The molecule has 1 atom stereocenters. The molecule has 0 aromatic rings. The number of nitrogens with zero attached hydrogens (tertiary/aromatic N) is 2. The molecule has 3 saturated heterocycles. The van der Waals surface area contributed by atoms with Gasteiger partial charge < -0.3 is 15.0 Å². The van der Waals surface area contributed by atoms with Gasteiger partial charge in [0.1, 0.15) is 6.10 Å². The van der Waals surface area contributed by atoms with E-state index in [1.54, 1.807) is 0 Å². The van der Waals surface area contributed by atoms with E-state index in [2.05, 4.69) is 10.2 Å². The van der Waals surface area contributed by atoms with Gasteiger partial charge in [-0.25, -0.2) is 0 Å². The van der Waals surface area contributed by atoms with Crippen LogP contribution in [-0.4, -0.2) is 73.7 Å². The highest BCUT2D eigenvalue weighted by atomic mass is 16.5. The SMILES string of the molecule is O=C([C@H]1CCCO1)N1CCN(C2CNC2)CC1. The fraction of sp³-hybridized carbons (Fsp3) is 0.917. The third-order valence-corrected chi connectivity index (χ3v) is 4.11. The number of carbonyl (C=O) groups excluding carboxylic acids is 1. The zero-order chi connectivity index (χ0) is 11.7. The van der Waals surface area contributed by atoms with Gasteiger partial charge in [-0.05, 0) is 12.8 Å². The first-order valence-electron chi connectivity index (χ1n) is 6.70. The van der Waals surface area contributed by atoms with Crippen LogP contribution in [0, 0.1) is 0 Å². The molecule has 96 valence electrons. The molecule has 0 aromatic carbocycles. The Bertz CT molecular complexity index is 279. The highest BCUT2D eigenvalue weighted by molar-refractivity contribution is 5.81. The summed E-state index contributed by atoms with van der Waals surface area (Å²) in [5, 5.41) is 3.30. The van der Waals surface area contributed by atoms with E-state index in [1.807, 2.05) is 4.90 Å². The lowest BCUT2D eigenvalue weighted by atomic mass is 10.1. The monoisotopic (exact) mass is 239 g/mol. The molecule has 3 rings (SSSR count). The Morgan fingerprint density at radius 3 is 2.47 bits per heavy atom. The second kappa shape index (κ2) is 4.92. The maximum absolute atomic E-state index is 12.1. The van der Waals surface area contributed by atoms with Crippen LogP contribution in [0.1, 0.15) is 12.8 Å². The Morgan fingerprint density at radius 1 is 1.18 bits per heavy atom. The van der Waals surface area contributed by atoms with Gasteiger partial charge in [0.2, 0.25) is 0 Å². The van der Waals surface area contributed by atoms with Crippen molar-refractivity contribution in [1.82, 2.24) is 15.1 Å². The fourth-order valence-corrected chi connectivity index (χ4v) is 2.82. The zero-order valence-corrected chi connectivity index (χ0v) is 10.2. The van der Waals surface area contributed by atoms with Crippen molar-refractivity contribution in [1.29, 1.82) is 0 Å². The van der Waals surface area contributed by atoms with Gasteiger partial charge in [0.05, 0.1) is 0 Å². The smallest absolute Gasteiger partial charge is 0.251 e. The maximum Gasteiger partial charge on any atom is 0.251 e. The molecule has 3 heterocycles. The number of rotatable bonds is 2. The Hall–Kier alpha value is -0.650. The van der Waals surface area contributed by atoms with Crippen LogP contribution in [0.2, 0.25) is 0 Å². The summed E-state index contributed by atoms with van der Waals surface area (Å²) in [7, 11) is 0. The number of ether oxygens (including phenoxy) is 1. The van der Waals surface area contributed by atoms with Gasteiger partial charge in [-0.3, -0.25) is 9.69 Å². The number of amides is 1. The van der Waals surface area contributed by atoms with Crippen LogP contribution in [0.4, 0.5) is 0 Å². The van der Waals surface area contributed by atoms with E-state index >= 15 is 0 Å². The Morgan fingerprint density at radius 2 is 1.94 bits per heavy atom. The largest absolute Gasteiger partial charge is 0.368 e. The molecule has 5 nitrogen and oxygen atoms in total. The summed E-state index contributed by atoms with van der Waals surface area (Å²) in [5.41, 5.74) is 0. The number of hydrogen-bond acceptors (Lipinski definition) is 4. The molecular formula is C12H21N3O2. The van der Waals surface area contributed by atoms with Crippen molar-refractivity contribution < 1.29 is 9.53 Å². The van der Waals surface area contributed by atoms with Crippen LogP contribution >= 0.6 is 0 Å². The van der Waals surface area contributed by atoms with Crippen LogP contribution in [-0.2, 0) is 9.53 Å². The van der Waals surface area contributed by atoms with E-state index in [-0.39, 0.29) is 12.0 Å². The number of hydrogen-bond donors (Lipinski definition) is 1. The van der Waals surface area contributed by atoms with Crippen LogP contribution in [0.5, 0.6) is 0 Å². The van der Waals surface area contributed by atoms with Gasteiger partial charge in [0.25, 0.3) is 5.91 Å². The van der Waals surface area contributed by atoms with Crippen LogP contribution < -0.4 is 5.32 Å². The molecule has 0 spiro atoms. The first-order valence-corrected chi connectivity index (χ1v) is 6.70. The predicted molar refractivity (Wildman–Crippen MR) is 63.8 cm³/mol. The molecule has 0 saturated carbocycles. The third-order valence-electron chi connectivity index (χ3n) is 4.11. The van der Waals surface area contributed by atoms with Gasteiger partial charge in [0, 0.05) is 51.9 Å². The molecule has 0 aliphatic carbocycles. The second-order valence-electron chi connectivity index (χ2n) is 5.17. The first-order chi connectivity index (χ1) is 8.34. The van der Waals surface area contributed by atoms with E-state index in [1.165, 1.54) is 0 Å². The Kier molecular flexibility index (Phi) is 3.31. The summed E-state index contributed by atoms with van der Waals surface area (Å²) in [4.78, 5) is 16.6. The van der Waals surface area contributed by atoms with Crippen molar-refractivity contribution in [3.63, 3.8) is 0 Å². The lowest BCUT2D eigenvalue weighted by molar-refractivity contribution is -0.143. The summed E-state index contributed by atoms with van der Waals surface area (Å²) >= 11 is 0. The summed E-state index contributed by atoms with van der Waals surface area (Å²) in [5.74, 6) is 0.217. The lowest BCUT2D eigenvalue weighted by Gasteiger charge is -2.43. The molecule has 0 unspecified atom stereocenters. The normalized spacial score (nSPS) is 31.5. The summed E-state index contributed by atoms with van der Waals surface area (Å²) < 4.78 is 5.46. The zero-order valence-electron chi connectivity index (χ0n) is 10.2. The molecule has 5 heteroatoms. The number of carbonyl (C=O) groups is 1. The average Bonchev–Trinajstić information content (AvgIpc) is 2.80. The van der Waals surface area contributed by atoms with Crippen molar-refractivity contribution in [2.24, 2.45) is 0 Å². The van der Waals surface area contributed by atoms with E-state index in [9.17, 15) is 4.79 Å². The molecule has 0 bridgehead atoms. The van der Waals surface area contributed by atoms with E-state index in [4.69, 9.17) is 4.74 Å². The number of piperazine rings is 1. The van der Waals surface area contributed by atoms with Crippen molar-refractivity contribution in [3.8, 4) is 0 Å². The summed E-state index contributed by atoms with van der Waals surface area (Å²) in [6.45, 7) is 6.75. The summed E-state index contributed by atoms with van der Waals surface area (Å²) in [6.07, 6.45) is 1.79. The fourth-order valence-electron chi connectivity index (χ4n) is 2.82. The minimum absolute atomic E-state index is 0.146. The quantitative estimate of drug-likeness (QED) is 0.691. The molecule has 0 radical (unpaired) electrons. The van der Waals surface area contributed by atoms with Crippen molar-refractivity contribution in [2.45, 2.75) is 25.0 Å². The molecule has 3 fully saturated rings. The molecular weight excluding hydrogens is 218 g/mol. The van der Waals surface area contributed by atoms with Crippen LogP contribution in [0.25, 0.3) is 0 Å². The summed E-state index contributed by atoms with van der Waals surface area (Å²) in [6, 6.07) is 0.704. The topological polar surface area (TPSA) is 44.8 Å². The van der Waals surface area contributed by atoms with Gasteiger partial charge in [-0.15, -0.1) is 0 Å². The Balaban J connectivity index is 1.48. The molecule has 1 amide bonds. The van der Waals surface area contributed by atoms with Gasteiger partial charge >= 0.3 is 0 Å². The van der Waals surface area contributed by atoms with Crippen LogP contribution in [0.3, 0.4) is 0 Å². The van der Waals surface area contributed by atoms with Crippen molar-refractivity contribution in [3.05, 3.63) is 0 Å². The van der Waals surface area contributed by atoms with Crippen molar-refractivity contribution >= 4 is 5.91 Å². The Labute approximate surface area is 102 Å². The predicted octanol–water partition coefficient (Wildman–Crippen LogP) is -0.719. The third kappa shape index (κ3) is 2.32. The standard InChI is InChI=1S/C12H21N3O2/c16-12(11-2-1-7-17-11)15-5-3-14(4-6-15)10-8-13-9-10/h10-11,13H,1-9H2/t11-/m1/s1. The molecule has 17 heavy (non-hydrogen) atoms. The van der Waals surface area contributed by atoms with Gasteiger partial charge in [-0.2, -0.15) is 0 Å². The highest BCUT2D eigenvalue weighted by Gasteiger charge is 2.33. The van der Waals surface area contributed by atoms with Crippen molar-refractivity contribution in [2.75, 3.05) is 45.9 Å². The van der Waals surface area contributed by atoms with E-state index in [0.29, 0.717) is 6.04 Å².